The number of halogens is 1. The monoisotopic (exact) mass is 304 g/mol. The second-order valence-electron chi connectivity index (χ2n) is 2.85. The standard InChI is InChI=1S/C7H13IO5/c8-1-4-6(10)7(11)5(2-9)13-3-12-4/h4-7,9-11H,1-3H2/t4-,5+,6+,7+/m0/s1. The third-order valence-electron chi connectivity index (χ3n) is 2.01. The van der Waals surface area contributed by atoms with Crippen molar-refractivity contribution in [3.63, 3.8) is 0 Å². The van der Waals surface area contributed by atoms with Crippen molar-refractivity contribution in [3.8, 4) is 0 Å². The minimum Gasteiger partial charge on any atom is -0.394 e. The Labute approximate surface area is 89.8 Å². The number of aliphatic hydroxyl groups is 3. The Morgan fingerprint density at radius 2 is 1.69 bits per heavy atom. The predicted octanol–water partition coefficient (Wildman–Crippen LogP) is -1.12. The summed E-state index contributed by atoms with van der Waals surface area (Å²) in [5, 5.41) is 27.9. The lowest BCUT2D eigenvalue weighted by Crippen LogP contribution is -2.45. The SMILES string of the molecule is OC[C@H]1OCO[C@@H](CI)[C@@H](O)[C@@H]1O. The summed E-state index contributed by atoms with van der Waals surface area (Å²) in [6.07, 6.45) is -3.29. The number of ether oxygens (including phenoxy) is 2. The van der Waals surface area contributed by atoms with Crippen molar-refractivity contribution in [2.45, 2.75) is 24.4 Å². The van der Waals surface area contributed by atoms with Gasteiger partial charge in [0, 0.05) is 4.43 Å². The quantitative estimate of drug-likeness (QED) is 0.445. The van der Waals surface area contributed by atoms with E-state index in [-0.39, 0.29) is 13.4 Å². The highest BCUT2D eigenvalue weighted by Gasteiger charge is 2.35. The summed E-state index contributed by atoms with van der Waals surface area (Å²) >= 11 is 2.05. The molecule has 0 radical (unpaired) electrons. The van der Waals surface area contributed by atoms with Crippen molar-refractivity contribution in [3.05, 3.63) is 0 Å². The van der Waals surface area contributed by atoms with Gasteiger partial charge in [-0.2, -0.15) is 0 Å². The largest absolute Gasteiger partial charge is 0.394 e. The molecule has 13 heavy (non-hydrogen) atoms. The molecule has 0 aromatic rings. The summed E-state index contributed by atoms with van der Waals surface area (Å²) < 4.78 is 10.7. The van der Waals surface area contributed by atoms with Gasteiger partial charge in [-0.25, -0.2) is 0 Å². The topological polar surface area (TPSA) is 79.2 Å². The van der Waals surface area contributed by atoms with Crippen molar-refractivity contribution in [2.75, 3.05) is 17.8 Å². The van der Waals surface area contributed by atoms with Gasteiger partial charge in [0.15, 0.2) is 0 Å². The van der Waals surface area contributed by atoms with E-state index in [9.17, 15) is 10.2 Å². The summed E-state index contributed by atoms with van der Waals surface area (Å²) in [7, 11) is 0. The van der Waals surface area contributed by atoms with Gasteiger partial charge in [0.1, 0.15) is 25.1 Å². The number of aliphatic hydroxyl groups excluding tert-OH is 3. The average Bonchev–Trinajstić information content (AvgIpc) is 2.28. The van der Waals surface area contributed by atoms with Crippen LogP contribution in [0.25, 0.3) is 0 Å². The molecule has 0 saturated carbocycles. The summed E-state index contributed by atoms with van der Waals surface area (Å²) in [4.78, 5) is 0. The van der Waals surface area contributed by atoms with Crippen molar-refractivity contribution in [2.24, 2.45) is 0 Å². The zero-order valence-corrected chi connectivity index (χ0v) is 9.12. The Bertz CT molecular complexity index is 140. The van der Waals surface area contributed by atoms with E-state index in [1.165, 1.54) is 0 Å². The molecule has 0 aromatic carbocycles. The lowest BCUT2D eigenvalue weighted by molar-refractivity contribution is -0.113. The number of alkyl halides is 1. The molecule has 1 aliphatic rings. The molecule has 0 aromatic heterocycles. The van der Waals surface area contributed by atoms with Gasteiger partial charge in [-0.3, -0.25) is 0 Å². The van der Waals surface area contributed by atoms with Crippen LogP contribution in [0.2, 0.25) is 0 Å². The van der Waals surface area contributed by atoms with Gasteiger partial charge in [0.05, 0.1) is 12.7 Å². The third-order valence-corrected chi connectivity index (χ3v) is 2.88. The molecule has 1 fully saturated rings. The molecule has 78 valence electrons. The normalized spacial score (nSPS) is 41.5. The Hall–Kier alpha value is 0.530. The highest BCUT2D eigenvalue weighted by molar-refractivity contribution is 14.1. The van der Waals surface area contributed by atoms with Crippen LogP contribution in [0.1, 0.15) is 0 Å². The van der Waals surface area contributed by atoms with Gasteiger partial charge in [0.2, 0.25) is 0 Å². The fourth-order valence-electron chi connectivity index (χ4n) is 1.15. The highest BCUT2D eigenvalue weighted by Crippen LogP contribution is 2.16. The van der Waals surface area contributed by atoms with Crippen LogP contribution in [0.15, 0.2) is 0 Å². The molecule has 0 aliphatic carbocycles. The highest BCUT2D eigenvalue weighted by atomic mass is 127. The second-order valence-corrected chi connectivity index (χ2v) is 3.73. The number of rotatable bonds is 2. The molecule has 1 rings (SSSR count). The molecule has 1 saturated heterocycles. The Kier molecular flexibility index (Phi) is 4.84. The van der Waals surface area contributed by atoms with E-state index in [1.54, 1.807) is 0 Å². The minimum atomic E-state index is -1.09. The van der Waals surface area contributed by atoms with E-state index < -0.39 is 24.4 Å². The Balaban J connectivity index is 2.61. The molecule has 0 amide bonds. The van der Waals surface area contributed by atoms with Gasteiger partial charge in [-0.15, -0.1) is 0 Å². The lowest BCUT2D eigenvalue weighted by atomic mass is 10.0. The van der Waals surface area contributed by atoms with Gasteiger partial charge >= 0.3 is 0 Å². The van der Waals surface area contributed by atoms with Crippen LogP contribution in [-0.4, -0.2) is 57.6 Å². The van der Waals surface area contributed by atoms with Gasteiger partial charge in [-0.1, -0.05) is 22.6 Å². The number of hydrogen-bond donors (Lipinski definition) is 3. The van der Waals surface area contributed by atoms with Crippen molar-refractivity contribution >= 4 is 22.6 Å². The number of hydrogen-bond acceptors (Lipinski definition) is 5. The van der Waals surface area contributed by atoms with Crippen LogP contribution in [0.5, 0.6) is 0 Å². The van der Waals surface area contributed by atoms with Crippen molar-refractivity contribution < 1.29 is 24.8 Å². The van der Waals surface area contributed by atoms with Gasteiger partial charge in [0.25, 0.3) is 0 Å². The Morgan fingerprint density at radius 1 is 1.15 bits per heavy atom. The van der Waals surface area contributed by atoms with Crippen LogP contribution in [0.3, 0.4) is 0 Å². The van der Waals surface area contributed by atoms with E-state index in [0.29, 0.717) is 4.43 Å². The van der Waals surface area contributed by atoms with Gasteiger partial charge in [-0.05, 0) is 0 Å². The summed E-state index contributed by atoms with van der Waals surface area (Å²) in [5.74, 6) is 0. The summed E-state index contributed by atoms with van der Waals surface area (Å²) in [6, 6.07) is 0. The minimum absolute atomic E-state index is 0.00693. The lowest BCUT2D eigenvalue weighted by Gasteiger charge is -2.23. The average molecular weight is 304 g/mol. The van der Waals surface area contributed by atoms with E-state index in [1.807, 2.05) is 0 Å². The van der Waals surface area contributed by atoms with Gasteiger partial charge < -0.3 is 24.8 Å². The molecule has 3 N–H and O–H groups in total. The van der Waals surface area contributed by atoms with Crippen molar-refractivity contribution in [1.29, 1.82) is 0 Å². The second kappa shape index (κ2) is 5.42. The smallest absolute Gasteiger partial charge is 0.147 e. The molecular weight excluding hydrogens is 291 g/mol. The molecule has 0 unspecified atom stereocenters. The zero-order chi connectivity index (χ0) is 9.84. The first-order valence-corrected chi connectivity index (χ1v) is 5.49. The van der Waals surface area contributed by atoms with Crippen LogP contribution < -0.4 is 0 Å². The maximum Gasteiger partial charge on any atom is 0.147 e. The molecule has 0 spiro atoms. The van der Waals surface area contributed by atoms with Crippen molar-refractivity contribution in [1.82, 2.24) is 0 Å². The summed E-state index contributed by atoms with van der Waals surface area (Å²) in [6.45, 7) is -0.331. The van der Waals surface area contributed by atoms with Crippen LogP contribution in [-0.2, 0) is 9.47 Å². The molecule has 1 heterocycles. The third kappa shape index (κ3) is 2.74. The van der Waals surface area contributed by atoms with Crippen LogP contribution >= 0.6 is 22.6 Å². The van der Waals surface area contributed by atoms with E-state index >= 15 is 0 Å². The van der Waals surface area contributed by atoms with E-state index in [0.717, 1.165) is 0 Å². The fourth-order valence-corrected chi connectivity index (χ4v) is 1.92. The van der Waals surface area contributed by atoms with Crippen LogP contribution in [0, 0.1) is 0 Å². The van der Waals surface area contributed by atoms with E-state index in [4.69, 9.17) is 14.6 Å². The van der Waals surface area contributed by atoms with E-state index in [2.05, 4.69) is 22.6 Å². The first kappa shape index (κ1) is 11.6. The Morgan fingerprint density at radius 3 is 2.23 bits per heavy atom. The predicted molar refractivity (Wildman–Crippen MR) is 52.6 cm³/mol. The first-order valence-electron chi connectivity index (χ1n) is 3.97. The molecule has 1 aliphatic heterocycles. The maximum absolute atomic E-state index is 9.55. The maximum atomic E-state index is 9.55. The molecule has 6 heteroatoms. The first-order chi connectivity index (χ1) is 6.20. The molecule has 0 bridgehead atoms. The zero-order valence-electron chi connectivity index (χ0n) is 6.97. The fraction of sp³-hybridized carbons (Fsp3) is 1.00. The summed E-state index contributed by atoms with van der Waals surface area (Å²) in [5.41, 5.74) is 0. The molecule has 5 nitrogen and oxygen atoms in total. The molecule has 4 atom stereocenters. The van der Waals surface area contributed by atoms with Crippen LogP contribution in [0.4, 0.5) is 0 Å². The molecular formula is C7H13IO5.